The highest BCUT2D eigenvalue weighted by atomic mass is 19.4. The lowest BCUT2D eigenvalue weighted by Gasteiger charge is -2.13. The van der Waals surface area contributed by atoms with Crippen molar-refractivity contribution in [1.29, 1.82) is 0 Å². The second-order valence-corrected chi connectivity index (χ2v) is 5.42. The fourth-order valence-electron chi connectivity index (χ4n) is 2.18. The molecule has 0 atom stereocenters. The van der Waals surface area contributed by atoms with Gasteiger partial charge in [-0.25, -0.2) is 4.39 Å². The normalized spacial score (nSPS) is 11.2. The van der Waals surface area contributed by atoms with Gasteiger partial charge in [0.1, 0.15) is 29.4 Å². The minimum absolute atomic E-state index is 0.0617. The number of halogens is 4. The Hall–Kier alpha value is -3.56. The number of nitrogens with zero attached hydrogens (tertiary/aromatic N) is 2. The maximum Gasteiger partial charge on any atom is 0.419 e. The van der Waals surface area contributed by atoms with Crippen LogP contribution in [0.5, 0.6) is 29.0 Å². The predicted molar refractivity (Wildman–Crippen MR) is 91.0 cm³/mol. The molecule has 2 aromatic carbocycles. The van der Waals surface area contributed by atoms with Gasteiger partial charge in [0.15, 0.2) is 5.69 Å². The monoisotopic (exact) mass is 395 g/mol. The van der Waals surface area contributed by atoms with E-state index in [1.165, 1.54) is 7.11 Å². The zero-order valence-electron chi connectivity index (χ0n) is 14.3. The number of hydrogen-bond donors (Lipinski definition) is 1. The number of anilines is 1. The van der Waals surface area contributed by atoms with E-state index in [1.54, 1.807) is 24.3 Å². The SMILES string of the molecule is COc1ccc(Oc2ncnc(Oc3ccc(F)c(C(F)(F)F)c3)c2N)cc1. The molecule has 2 N–H and O–H groups in total. The van der Waals surface area contributed by atoms with Crippen molar-refractivity contribution in [2.45, 2.75) is 6.18 Å². The molecule has 0 aliphatic rings. The Morgan fingerprint density at radius 1 is 0.857 bits per heavy atom. The molecule has 28 heavy (non-hydrogen) atoms. The van der Waals surface area contributed by atoms with E-state index in [0.717, 1.165) is 12.4 Å². The molecule has 146 valence electrons. The second kappa shape index (κ2) is 7.59. The van der Waals surface area contributed by atoms with Gasteiger partial charge in [-0.3, -0.25) is 0 Å². The fraction of sp³-hybridized carbons (Fsp3) is 0.111. The van der Waals surface area contributed by atoms with Crippen LogP contribution in [0, 0.1) is 5.82 Å². The number of alkyl halides is 3. The summed E-state index contributed by atoms with van der Waals surface area (Å²) in [6, 6.07) is 8.71. The van der Waals surface area contributed by atoms with Crippen molar-refractivity contribution in [2.24, 2.45) is 0 Å². The lowest BCUT2D eigenvalue weighted by atomic mass is 10.2. The van der Waals surface area contributed by atoms with Gasteiger partial charge in [0, 0.05) is 0 Å². The van der Waals surface area contributed by atoms with Gasteiger partial charge in [0.2, 0.25) is 11.8 Å². The number of hydrogen-bond acceptors (Lipinski definition) is 6. The molecular weight excluding hydrogens is 382 g/mol. The molecule has 6 nitrogen and oxygen atoms in total. The standard InChI is InChI=1S/C18H13F4N3O3/c1-26-10-2-4-11(5-3-10)27-16-15(23)17(25-9-24-16)28-12-6-7-14(19)13(8-12)18(20,21)22/h2-9H,23H2,1H3. The van der Waals surface area contributed by atoms with Crippen LogP contribution in [0.2, 0.25) is 0 Å². The number of nitrogen functional groups attached to an aromatic ring is 1. The van der Waals surface area contributed by atoms with Gasteiger partial charge < -0.3 is 19.9 Å². The van der Waals surface area contributed by atoms with Gasteiger partial charge in [-0.15, -0.1) is 0 Å². The van der Waals surface area contributed by atoms with Crippen LogP contribution < -0.4 is 19.9 Å². The summed E-state index contributed by atoms with van der Waals surface area (Å²) >= 11 is 0. The summed E-state index contributed by atoms with van der Waals surface area (Å²) in [5.41, 5.74) is 4.28. The Morgan fingerprint density at radius 3 is 1.96 bits per heavy atom. The van der Waals surface area contributed by atoms with Crippen LogP contribution in [-0.2, 0) is 6.18 Å². The number of aromatic nitrogens is 2. The lowest BCUT2D eigenvalue weighted by molar-refractivity contribution is -0.140. The van der Waals surface area contributed by atoms with Crippen molar-refractivity contribution in [3.63, 3.8) is 0 Å². The van der Waals surface area contributed by atoms with Crippen molar-refractivity contribution in [1.82, 2.24) is 9.97 Å². The predicted octanol–water partition coefficient (Wildman–Crippen LogP) is 4.81. The molecule has 0 aliphatic carbocycles. The summed E-state index contributed by atoms with van der Waals surface area (Å²) in [6.07, 6.45) is -3.80. The maximum atomic E-state index is 13.4. The van der Waals surface area contributed by atoms with Crippen molar-refractivity contribution in [3.8, 4) is 29.0 Å². The molecule has 1 aromatic heterocycles. The second-order valence-electron chi connectivity index (χ2n) is 5.42. The van der Waals surface area contributed by atoms with E-state index in [-0.39, 0.29) is 23.2 Å². The van der Waals surface area contributed by atoms with Crippen LogP contribution in [0.15, 0.2) is 48.8 Å². The highest BCUT2D eigenvalue weighted by molar-refractivity contribution is 5.58. The molecule has 0 spiro atoms. The molecule has 10 heteroatoms. The largest absolute Gasteiger partial charge is 0.497 e. The van der Waals surface area contributed by atoms with E-state index in [9.17, 15) is 17.6 Å². The van der Waals surface area contributed by atoms with Crippen LogP contribution in [0.3, 0.4) is 0 Å². The van der Waals surface area contributed by atoms with E-state index >= 15 is 0 Å². The first kappa shape index (κ1) is 19.2. The lowest BCUT2D eigenvalue weighted by Crippen LogP contribution is -2.08. The quantitative estimate of drug-likeness (QED) is 0.625. The Balaban J connectivity index is 1.85. The number of methoxy groups -OCH3 is 1. The highest BCUT2D eigenvalue weighted by Gasteiger charge is 2.34. The van der Waals surface area contributed by atoms with Gasteiger partial charge in [0.25, 0.3) is 0 Å². The van der Waals surface area contributed by atoms with E-state index in [2.05, 4.69) is 9.97 Å². The molecular formula is C18H13F4N3O3. The van der Waals surface area contributed by atoms with E-state index < -0.39 is 17.6 Å². The van der Waals surface area contributed by atoms with Crippen LogP contribution in [0.1, 0.15) is 5.56 Å². The van der Waals surface area contributed by atoms with Crippen molar-refractivity contribution < 1.29 is 31.8 Å². The van der Waals surface area contributed by atoms with Crippen molar-refractivity contribution in [2.75, 3.05) is 12.8 Å². The van der Waals surface area contributed by atoms with Gasteiger partial charge in [0.05, 0.1) is 12.7 Å². The van der Waals surface area contributed by atoms with Gasteiger partial charge >= 0.3 is 6.18 Å². The van der Waals surface area contributed by atoms with Crippen molar-refractivity contribution in [3.05, 3.63) is 60.2 Å². The molecule has 0 aliphatic heterocycles. The van der Waals surface area contributed by atoms with Crippen molar-refractivity contribution >= 4 is 5.69 Å². The minimum Gasteiger partial charge on any atom is -0.497 e. The first-order valence-corrected chi connectivity index (χ1v) is 7.75. The van der Waals surface area contributed by atoms with E-state index in [0.29, 0.717) is 23.6 Å². The summed E-state index contributed by atoms with van der Waals surface area (Å²) in [6.45, 7) is 0. The molecule has 3 rings (SSSR count). The molecule has 0 bridgehead atoms. The zero-order valence-corrected chi connectivity index (χ0v) is 14.3. The van der Waals surface area contributed by atoms with Crippen LogP contribution in [0.25, 0.3) is 0 Å². The number of nitrogens with two attached hydrogens (primary N) is 1. The fourth-order valence-corrected chi connectivity index (χ4v) is 2.18. The average Bonchev–Trinajstić information content (AvgIpc) is 2.66. The van der Waals surface area contributed by atoms with Gasteiger partial charge in [-0.1, -0.05) is 0 Å². The first-order valence-electron chi connectivity index (χ1n) is 7.75. The topological polar surface area (TPSA) is 79.5 Å². The van der Waals surface area contributed by atoms with Crippen LogP contribution in [-0.4, -0.2) is 17.1 Å². The van der Waals surface area contributed by atoms with Gasteiger partial charge in [-0.05, 0) is 42.5 Å². The third-order valence-corrected chi connectivity index (χ3v) is 3.54. The Morgan fingerprint density at radius 2 is 1.39 bits per heavy atom. The summed E-state index contributed by atoms with van der Waals surface area (Å²) < 4.78 is 67.7. The van der Waals surface area contributed by atoms with Crippen LogP contribution >= 0.6 is 0 Å². The molecule has 0 unspecified atom stereocenters. The summed E-state index contributed by atoms with van der Waals surface area (Å²) in [7, 11) is 1.52. The smallest absolute Gasteiger partial charge is 0.419 e. The number of rotatable bonds is 5. The summed E-state index contributed by atoms with van der Waals surface area (Å²) in [5, 5.41) is 0. The number of ether oxygens (including phenoxy) is 3. The molecule has 0 amide bonds. The molecule has 1 heterocycles. The summed E-state index contributed by atoms with van der Waals surface area (Å²) in [5.74, 6) is -1.01. The molecule has 3 aromatic rings. The first-order chi connectivity index (χ1) is 13.3. The van der Waals surface area contributed by atoms with Crippen LogP contribution in [0.4, 0.5) is 23.2 Å². The maximum absolute atomic E-state index is 13.4. The number of benzene rings is 2. The molecule has 0 saturated heterocycles. The summed E-state index contributed by atoms with van der Waals surface area (Å²) in [4.78, 5) is 7.66. The third-order valence-electron chi connectivity index (χ3n) is 3.54. The van der Waals surface area contributed by atoms with E-state index in [1.807, 2.05) is 0 Å². The highest BCUT2D eigenvalue weighted by Crippen LogP contribution is 2.37. The molecule has 0 radical (unpaired) electrons. The minimum atomic E-state index is -4.87. The Bertz CT molecular complexity index is 979. The molecule has 0 saturated carbocycles. The zero-order chi connectivity index (χ0) is 20.3. The van der Waals surface area contributed by atoms with E-state index in [4.69, 9.17) is 19.9 Å². The van der Waals surface area contributed by atoms with Gasteiger partial charge in [-0.2, -0.15) is 23.1 Å². The third kappa shape index (κ3) is 4.22. The average molecular weight is 395 g/mol. The Kier molecular flexibility index (Phi) is 5.21. The Labute approximate surface area is 156 Å². The molecule has 0 fully saturated rings.